The first-order valence-electron chi connectivity index (χ1n) is 6.99. The number of nitrogens with one attached hydrogen (secondary N) is 1. The van der Waals surface area contributed by atoms with E-state index in [2.05, 4.69) is 5.32 Å². The molecule has 1 aromatic rings. The van der Waals surface area contributed by atoms with E-state index in [1.54, 1.807) is 0 Å². The lowest BCUT2D eigenvalue weighted by molar-refractivity contribution is -0.141. The van der Waals surface area contributed by atoms with Crippen LogP contribution in [0.2, 0.25) is 0 Å². The summed E-state index contributed by atoms with van der Waals surface area (Å²) in [5.41, 5.74) is 2.31. The van der Waals surface area contributed by atoms with Crippen molar-refractivity contribution in [3.8, 4) is 0 Å². The van der Waals surface area contributed by atoms with Crippen molar-refractivity contribution in [1.29, 1.82) is 0 Å². The van der Waals surface area contributed by atoms with Gasteiger partial charge >= 0.3 is 12.0 Å². The summed E-state index contributed by atoms with van der Waals surface area (Å²) in [5.74, 6) is -1.08. The van der Waals surface area contributed by atoms with Gasteiger partial charge in [0.25, 0.3) is 0 Å². The van der Waals surface area contributed by atoms with Crippen molar-refractivity contribution in [2.24, 2.45) is 0 Å². The number of carbonyl (C=O) groups is 2. The van der Waals surface area contributed by atoms with Crippen LogP contribution in [0.1, 0.15) is 17.5 Å². The summed E-state index contributed by atoms with van der Waals surface area (Å²) >= 11 is 0. The minimum Gasteiger partial charge on any atom is -0.480 e. The first-order chi connectivity index (χ1) is 9.99. The van der Waals surface area contributed by atoms with E-state index >= 15 is 0 Å². The average molecular weight is 292 g/mol. The van der Waals surface area contributed by atoms with Gasteiger partial charge in [-0.1, -0.05) is 24.3 Å². The molecule has 0 radical (unpaired) electrons. The molecule has 2 amide bonds. The molecule has 1 aliphatic heterocycles. The molecule has 114 valence electrons. The van der Waals surface area contributed by atoms with E-state index in [-0.39, 0.29) is 13.0 Å². The van der Waals surface area contributed by atoms with Crippen molar-refractivity contribution >= 4 is 12.0 Å². The first-order valence-corrected chi connectivity index (χ1v) is 6.99. The van der Waals surface area contributed by atoms with Gasteiger partial charge in [0.1, 0.15) is 6.04 Å². The van der Waals surface area contributed by atoms with Crippen LogP contribution in [0.5, 0.6) is 0 Å². The summed E-state index contributed by atoms with van der Waals surface area (Å²) < 4.78 is 0. The van der Waals surface area contributed by atoms with Gasteiger partial charge in [-0.25, -0.2) is 9.59 Å². The number of likely N-dealkylation sites (tertiary alicyclic amines) is 1. The molecule has 1 fully saturated rings. The Morgan fingerprint density at radius 2 is 2.10 bits per heavy atom. The van der Waals surface area contributed by atoms with Gasteiger partial charge in [-0.2, -0.15) is 0 Å². The van der Waals surface area contributed by atoms with Crippen molar-refractivity contribution < 1.29 is 19.8 Å². The molecule has 2 atom stereocenters. The van der Waals surface area contributed by atoms with E-state index in [0.29, 0.717) is 13.0 Å². The third-order valence-electron chi connectivity index (χ3n) is 3.76. The Labute approximate surface area is 123 Å². The molecular formula is C15H20N2O4. The monoisotopic (exact) mass is 292 g/mol. The summed E-state index contributed by atoms with van der Waals surface area (Å²) in [5, 5.41) is 21.3. The third-order valence-corrected chi connectivity index (χ3v) is 3.76. The highest BCUT2D eigenvalue weighted by Crippen LogP contribution is 2.18. The summed E-state index contributed by atoms with van der Waals surface area (Å²) in [6.07, 6.45) is 0.000756. The summed E-state index contributed by atoms with van der Waals surface area (Å²) in [4.78, 5) is 24.3. The van der Waals surface area contributed by atoms with Crippen LogP contribution in [0.15, 0.2) is 24.3 Å². The van der Waals surface area contributed by atoms with E-state index in [1.165, 1.54) is 4.90 Å². The molecule has 0 aliphatic carbocycles. The Kier molecular flexibility index (Phi) is 4.80. The number of hydrogen-bond acceptors (Lipinski definition) is 3. The standard InChI is InChI=1S/C15H20N2O4/c1-10-4-2-3-5-11(10)6-7-16-15(21)17-9-12(18)8-13(17)14(19)20/h2-5,12-13,18H,6-9H2,1H3,(H,16,21)(H,19,20)/t12-,13-/m1/s1. The molecule has 0 saturated carbocycles. The smallest absolute Gasteiger partial charge is 0.326 e. The molecule has 1 saturated heterocycles. The van der Waals surface area contributed by atoms with Gasteiger partial charge in [-0.3, -0.25) is 0 Å². The molecular weight excluding hydrogens is 272 g/mol. The van der Waals surface area contributed by atoms with Crippen molar-refractivity contribution in [1.82, 2.24) is 10.2 Å². The number of benzene rings is 1. The number of carboxylic acid groups (broad SMARTS) is 1. The number of β-amino-alcohol motifs (C(OH)–C–C–N with tert-alkyl or cyclic N) is 1. The van der Waals surface area contributed by atoms with Gasteiger partial charge in [-0.15, -0.1) is 0 Å². The van der Waals surface area contributed by atoms with Crippen molar-refractivity contribution in [3.05, 3.63) is 35.4 Å². The second-order valence-corrected chi connectivity index (χ2v) is 5.30. The molecule has 6 nitrogen and oxygen atoms in total. The van der Waals surface area contributed by atoms with Crippen LogP contribution < -0.4 is 5.32 Å². The van der Waals surface area contributed by atoms with Crippen LogP contribution in [0.25, 0.3) is 0 Å². The van der Waals surface area contributed by atoms with Gasteiger partial charge < -0.3 is 20.4 Å². The third kappa shape index (κ3) is 3.72. The van der Waals surface area contributed by atoms with Crippen LogP contribution in [0.4, 0.5) is 4.79 Å². The Morgan fingerprint density at radius 1 is 1.38 bits per heavy atom. The minimum atomic E-state index is -1.08. The summed E-state index contributed by atoms with van der Waals surface area (Å²) in [6, 6.07) is 6.53. The molecule has 21 heavy (non-hydrogen) atoms. The van der Waals surface area contributed by atoms with E-state index in [0.717, 1.165) is 11.1 Å². The Morgan fingerprint density at radius 3 is 2.76 bits per heavy atom. The minimum absolute atomic E-state index is 0.0627. The summed E-state index contributed by atoms with van der Waals surface area (Å²) in [6.45, 7) is 2.50. The number of aryl methyl sites for hydroxylation is 1. The predicted molar refractivity (Wildman–Crippen MR) is 77.0 cm³/mol. The highest BCUT2D eigenvalue weighted by molar-refractivity contribution is 5.83. The lowest BCUT2D eigenvalue weighted by Crippen LogP contribution is -2.46. The number of aliphatic hydroxyl groups is 1. The van der Waals surface area contributed by atoms with Crippen molar-refractivity contribution in [3.63, 3.8) is 0 Å². The maximum absolute atomic E-state index is 12.0. The fourth-order valence-electron chi connectivity index (χ4n) is 2.57. The maximum atomic E-state index is 12.0. The van der Waals surface area contributed by atoms with Crippen molar-refractivity contribution in [2.75, 3.05) is 13.1 Å². The number of nitrogens with zero attached hydrogens (tertiary/aromatic N) is 1. The molecule has 1 heterocycles. The van der Waals surface area contributed by atoms with Gasteiger partial charge in [0.2, 0.25) is 0 Å². The number of carbonyl (C=O) groups excluding carboxylic acids is 1. The topological polar surface area (TPSA) is 89.9 Å². The SMILES string of the molecule is Cc1ccccc1CCNC(=O)N1C[C@H](O)C[C@@H]1C(=O)O. The van der Waals surface area contributed by atoms with E-state index < -0.39 is 24.1 Å². The highest BCUT2D eigenvalue weighted by atomic mass is 16.4. The number of carboxylic acids is 1. The lowest BCUT2D eigenvalue weighted by atomic mass is 10.1. The predicted octanol–water partition coefficient (Wildman–Crippen LogP) is 0.767. The maximum Gasteiger partial charge on any atom is 0.326 e. The first kappa shape index (κ1) is 15.3. The van der Waals surface area contributed by atoms with Gasteiger partial charge in [0.05, 0.1) is 6.10 Å². The Bertz CT molecular complexity index is 532. The lowest BCUT2D eigenvalue weighted by Gasteiger charge is -2.21. The molecule has 0 unspecified atom stereocenters. The fraction of sp³-hybridized carbons (Fsp3) is 0.467. The second kappa shape index (κ2) is 6.58. The molecule has 0 aromatic heterocycles. The number of rotatable bonds is 4. The quantitative estimate of drug-likeness (QED) is 0.764. The summed E-state index contributed by atoms with van der Waals surface area (Å²) in [7, 11) is 0. The molecule has 3 N–H and O–H groups in total. The van der Waals surface area contributed by atoms with E-state index in [4.69, 9.17) is 5.11 Å². The highest BCUT2D eigenvalue weighted by Gasteiger charge is 2.38. The fourth-order valence-corrected chi connectivity index (χ4v) is 2.57. The number of amides is 2. The van der Waals surface area contributed by atoms with Crippen LogP contribution in [-0.2, 0) is 11.2 Å². The van der Waals surface area contributed by atoms with Gasteiger partial charge in [-0.05, 0) is 24.5 Å². The second-order valence-electron chi connectivity index (χ2n) is 5.30. The van der Waals surface area contributed by atoms with Crippen LogP contribution in [-0.4, -0.2) is 52.3 Å². The zero-order valence-corrected chi connectivity index (χ0v) is 12.0. The zero-order valence-electron chi connectivity index (χ0n) is 12.0. The van der Waals surface area contributed by atoms with E-state index in [9.17, 15) is 14.7 Å². The molecule has 2 rings (SSSR count). The Hall–Kier alpha value is -2.08. The Balaban J connectivity index is 1.87. The van der Waals surface area contributed by atoms with Gasteiger partial charge in [0.15, 0.2) is 0 Å². The van der Waals surface area contributed by atoms with Gasteiger partial charge in [0, 0.05) is 19.5 Å². The van der Waals surface area contributed by atoms with Crippen molar-refractivity contribution in [2.45, 2.75) is 31.9 Å². The van der Waals surface area contributed by atoms with Crippen LogP contribution in [0, 0.1) is 6.92 Å². The molecule has 1 aromatic carbocycles. The largest absolute Gasteiger partial charge is 0.480 e. The van der Waals surface area contributed by atoms with Crippen LogP contribution in [0.3, 0.4) is 0 Å². The number of aliphatic hydroxyl groups excluding tert-OH is 1. The number of aliphatic carboxylic acids is 1. The molecule has 1 aliphatic rings. The number of hydrogen-bond donors (Lipinski definition) is 3. The zero-order chi connectivity index (χ0) is 15.4. The number of urea groups is 1. The molecule has 6 heteroatoms. The average Bonchev–Trinajstić information content (AvgIpc) is 2.83. The van der Waals surface area contributed by atoms with E-state index in [1.807, 2.05) is 31.2 Å². The molecule has 0 spiro atoms. The molecule has 0 bridgehead atoms. The van der Waals surface area contributed by atoms with Crippen LogP contribution >= 0.6 is 0 Å². The normalized spacial score (nSPS) is 21.3.